The Hall–Kier alpha value is -2.16. The topological polar surface area (TPSA) is 70.6 Å². The first-order valence-corrected chi connectivity index (χ1v) is 12.6. The summed E-state index contributed by atoms with van der Waals surface area (Å²) in [7, 11) is -3.34. The fourth-order valence-corrected chi connectivity index (χ4v) is 6.15. The molecule has 158 valence electrons. The van der Waals surface area contributed by atoms with Crippen molar-refractivity contribution < 1.29 is 13.2 Å². The van der Waals surface area contributed by atoms with Crippen LogP contribution in [0.4, 0.5) is 5.13 Å². The van der Waals surface area contributed by atoms with E-state index in [1.165, 1.54) is 0 Å². The largest absolute Gasteiger partial charge is 0.345 e. The lowest BCUT2D eigenvalue weighted by molar-refractivity contribution is -0.131. The van der Waals surface area contributed by atoms with Crippen LogP contribution in [0.3, 0.4) is 0 Å². The summed E-state index contributed by atoms with van der Waals surface area (Å²) in [6.45, 7) is 2.61. The van der Waals surface area contributed by atoms with Crippen LogP contribution in [0.2, 0.25) is 5.02 Å². The molecular weight excluding hydrogens is 442 g/mol. The van der Waals surface area contributed by atoms with Crippen molar-refractivity contribution in [3.63, 3.8) is 0 Å². The molecule has 0 bridgehead atoms. The third kappa shape index (κ3) is 4.61. The predicted molar refractivity (Wildman–Crippen MR) is 121 cm³/mol. The molecule has 0 saturated carbocycles. The maximum Gasteiger partial charge on any atom is 0.222 e. The Kier molecular flexibility index (Phi) is 6.26. The molecule has 0 spiro atoms. The van der Waals surface area contributed by atoms with Crippen molar-refractivity contribution in [1.29, 1.82) is 0 Å². The highest BCUT2D eigenvalue weighted by Gasteiger charge is 2.24. The number of halogens is 1. The van der Waals surface area contributed by atoms with Crippen molar-refractivity contribution >= 4 is 54.0 Å². The molecule has 4 rings (SSSR count). The van der Waals surface area contributed by atoms with Crippen LogP contribution in [-0.2, 0) is 14.6 Å². The highest BCUT2D eigenvalue weighted by Crippen LogP contribution is 2.33. The monoisotopic (exact) mass is 463 g/mol. The van der Waals surface area contributed by atoms with Crippen LogP contribution in [0.15, 0.2) is 53.4 Å². The fraction of sp³-hybridized carbons (Fsp3) is 0.333. The molecule has 2 aromatic carbocycles. The number of para-hydroxylation sites is 1. The summed E-state index contributed by atoms with van der Waals surface area (Å²) < 4.78 is 25.7. The minimum atomic E-state index is -3.34. The number of carbonyl (C=O) groups is 1. The van der Waals surface area contributed by atoms with Crippen LogP contribution in [-0.4, -0.2) is 56.1 Å². The van der Waals surface area contributed by atoms with Crippen molar-refractivity contribution in [2.75, 3.05) is 36.8 Å². The molecule has 0 N–H and O–H groups in total. The van der Waals surface area contributed by atoms with Crippen LogP contribution < -0.4 is 4.90 Å². The molecule has 1 fully saturated rings. The maximum absolute atomic E-state index is 12.5. The van der Waals surface area contributed by atoms with Gasteiger partial charge in [0, 0.05) is 32.6 Å². The van der Waals surface area contributed by atoms with Crippen LogP contribution in [0.1, 0.15) is 12.8 Å². The number of piperazine rings is 1. The van der Waals surface area contributed by atoms with Crippen molar-refractivity contribution in [2.24, 2.45) is 0 Å². The average molecular weight is 464 g/mol. The number of anilines is 1. The van der Waals surface area contributed by atoms with Crippen molar-refractivity contribution in [3.8, 4) is 0 Å². The third-order valence-corrected chi connectivity index (χ3v) is 8.37. The second kappa shape index (κ2) is 8.91. The lowest BCUT2D eigenvalue weighted by Crippen LogP contribution is -2.48. The molecule has 9 heteroatoms. The van der Waals surface area contributed by atoms with Crippen LogP contribution in [0, 0.1) is 0 Å². The SMILES string of the molecule is O=C(CCCS(=O)(=O)c1ccccc1)N1CCN(c2nc3c(Cl)cccc3s2)CC1. The van der Waals surface area contributed by atoms with Gasteiger partial charge in [0.15, 0.2) is 15.0 Å². The van der Waals surface area contributed by atoms with Gasteiger partial charge in [-0.2, -0.15) is 0 Å². The average Bonchev–Trinajstić information content (AvgIpc) is 3.20. The Bertz CT molecular complexity index is 1140. The van der Waals surface area contributed by atoms with Crippen LogP contribution in [0.25, 0.3) is 10.2 Å². The summed E-state index contributed by atoms with van der Waals surface area (Å²) in [4.78, 5) is 21.5. The normalized spacial score (nSPS) is 15.0. The van der Waals surface area contributed by atoms with Gasteiger partial charge in [0.1, 0.15) is 5.52 Å². The first kappa shape index (κ1) is 21.1. The summed E-state index contributed by atoms with van der Waals surface area (Å²) in [5.74, 6) is -0.0138. The zero-order valence-corrected chi connectivity index (χ0v) is 18.7. The predicted octanol–water partition coefficient (Wildman–Crippen LogP) is 3.85. The van der Waals surface area contributed by atoms with Gasteiger partial charge >= 0.3 is 0 Å². The molecule has 3 aromatic rings. The summed E-state index contributed by atoms with van der Waals surface area (Å²) in [5, 5.41) is 1.56. The fourth-order valence-electron chi connectivity index (χ4n) is 3.50. The molecular formula is C21H22ClN3O3S2. The third-order valence-electron chi connectivity index (χ3n) is 5.17. The second-order valence-electron chi connectivity index (χ2n) is 7.19. The molecule has 1 aromatic heterocycles. The molecule has 0 radical (unpaired) electrons. The number of hydrogen-bond donors (Lipinski definition) is 0. The number of benzene rings is 2. The van der Waals surface area contributed by atoms with Gasteiger partial charge < -0.3 is 9.80 Å². The highest BCUT2D eigenvalue weighted by atomic mass is 35.5. The number of hydrogen-bond acceptors (Lipinski definition) is 6. The number of nitrogens with zero attached hydrogens (tertiary/aromatic N) is 3. The van der Waals surface area contributed by atoms with Gasteiger partial charge in [-0.05, 0) is 30.7 Å². The van der Waals surface area contributed by atoms with E-state index in [0.29, 0.717) is 42.5 Å². The highest BCUT2D eigenvalue weighted by molar-refractivity contribution is 7.91. The molecule has 1 aliphatic rings. The lowest BCUT2D eigenvalue weighted by Gasteiger charge is -2.34. The number of thiazole rings is 1. The second-order valence-corrected chi connectivity index (χ2v) is 10.7. The van der Waals surface area contributed by atoms with E-state index in [0.717, 1.165) is 15.3 Å². The number of rotatable bonds is 6. The van der Waals surface area contributed by atoms with Gasteiger partial charge in [0.2, 0.25) is 5.91 Å². The number of sulfone groups is 1. The van der Waals surface area contributed by atoms with E-state index in [9.17, 15) is 13.2 Å². The summed E-state index contributed by atoms with van der Waals surface area (Å²) in [5.41, 5.74) is 0.817. The first-order valence-electron chi connectivity index (χ1n) is 9.80. The van der Waals surface area contributed by atoms with Crippen LogP contribution >= 0.6 is 22.9 Å². The van der Waals surface area contributed by atoms with E-state index < -0.39 is 9.84 Å². The molecule has 6 nitrogen and oxygen atoms in total. The molecule has 0 aliphatic carbocycles. The van der Waals surface area contributed by atoms with E-state index in [4.69, 9.17) is 11.6 Å². The van der Waals surface area contributed by atoms with E-state index in [-0.39, 0.29) is 18.1 Å². The quantitative estimate of drug-likeness (QED) is 0.555. The molecule has 1 amide bonds. The zero-order chi connectivity index (χ0) is 21.1. The van der Waals surface area contributed by atoms with E-state index in [2.05, 4.69) is 9.88 Å². The van der Waals surface area contributed by atoms with Crippen molar-refractivity contribution in [2.45, 2.75) is 17.7 Å². The summed E-state index contributed by atoms with van der Waals surface area (Å²) >= 11 is 7.83. The van der Waals surface area contributed by atoms with Crippen molar-refractivity contribution in [3.05, 3.63) is 53.6 Å². The Morgan fingerprint density at radius 3 is 2.47 bits per heavy atom. The van der Waals surface area contributed by atoms with Gasteiger partial charge in [-0.25, -0.2) is 13.4 Å². The van der Waals surface area contributed by atoms with E-state index >= 15 is 0 Å². The zero-order valence-electron chi connectivity index (χ0n) is 16.3. The number of amides is 1. The van der Waals surface area contributed by atoms with Crippen molar-refractivity contribution in [1.82, 2.24) is 9.88 Å². The Labute approximate surface area is 185 Å². The number of carbonyl (C=O) groups excluding carboxylic acids is 1. The number of aromatic nitrogens is 1. The smallest absolute Gasteiger partial charge is 0.222 e. The van der Waals surface area contributed by atoms with Gasteiger partial charge in [-0.15, -0.1) is 0 Å². The van der Waals surface area contributed by atoms with Gasteiger partial charge in [-0.3, -0.25) is 4.79 Å². The molecule has 2 heterocycles. The minimum Gasteiger partial charge on any atom is -0.345 e. The van der Waals surface area contributed by atoms with Crippen LogP contribution in [0.5, 0.6) is 0 Å². The Balaban J connectivity index is 1.28. The minimum absolute atomic E-state index is 0.00487. The van der Waals surface area contributed by atoms with E-state index in [1.807, 2.05) is 23.1 Å². The molecule has 1 saturated heterocycles. The first-order chi connectivity index (χ1) is 14.4. The van der Waals surface area contributed by atoms with Gasteiger partial charge in [0.25, 0.3) is 0 Å². The van der Waals surface area contributed by atoms with Gasteiger partial charge in [-0.1, -0.05) is 47.2 Å². The molecule has 0 atom stereocenters. The maximum atomic E-state index is 12.5. The molecule has 0 unspecified atom stereocenters. The molecule has 1 aliphatic heterocycles. The molecule has 30 heavy (non-hydrogen) atoms. The Morgan fingerprint density at radius 2 is 1.77 bits per heavy atom. The lowest BCUT2D eigenvalue weighted by atomic mass is 10.2. The Morgan fingerprint density at radius 1 is 1.03 bits per heavy atom. The van der Waals surface area contributed by atoms with Gasteiger partial charge in [0.05, 0.1) is 20.4 Å². The number of fused-ring (bicyclic) bond motifs is 1. The summed E-state index contributed by atoms with van der Waals surface area (Å²) in [6.07, 6.45) is 0.565. The van der Waals surface area contributed by atoms with E-state index in [1.54, 1.807) is 41.7 Å². The summed E-state index contributed by atoms with van der Waals surface area (Å²) in [6, 6.07) is 14.1. The standard InChI is InChI=1S/C21H22ClN3O3S2/c22-17-8-4-9-18-20(17)23-21(29-18)25-13-11-24(12-14-25)19(26)10-5-15-30(27,28)16-6-2-1-3-7-16/h1-4,6-9H,5,10-15H2.